The summed E-state index contributed by atoms with van der Waals surface area (Å²) in [5.41, 5.74) is 2.25. The van der Waals surface area contributed by atoms with Gasteiger partial charge in [-0.15, -0.1) is 0 Å². The molecule has 1 aromatic heterocycles. The number of rotatable bonds is 4. The van der Waals surface area contributed by atoms with Gasteiger partial charge >= 0.3 is 0 Å². The smallest absolute Gasteiger partial charge is 0.230 e. The second-order valence-corrected chi connectivity index (χ2v) is 5.32. The molecule has 0 aliphatic carbocycles. The second-order valence-electron chi connectivity index (χ2n) is 5.32. The molecule has 0 amide bonds. The lowest BCUT2D eigenvalue weighted by Gasteiger charge is -2.17. The maximum atomic E-state index is 4.69. The molecule has 0 bridgehead atoms. The third-order valence-electron chi connectivity index (χ3n) is 3.73. The van der Waals surface area contributed by atoms with Crippen molar-refractivity contribution >= 4 is 11.9 Å². The number of hydrogen-bond donors (Lipinski definition) is 1. The van der Waals surface area contributed by atoms with E-state index in [0.717, 1.165) is 37.0 Å². The summed E-state index contributed by atoms with van der Waals surface area (Å²) in [6.45, 7) is 7.00. The van der Waals surface area contributed by atoms with Gasteiger partial charge in [0.25, 0.3) is 0 Å². The summed E-state index contributed by atoms with van der Waals surface area (Å²) >= 11 is 0. The first-order valence-electron chi connectivity index (χ1n) is 7.59. The van der Waals surface area contributed by atoms with Gasteiger partial charge in [-0.1, -0.05) is 24.3 Å². The molecule has 5 heteroatoms. The van der Waals surface area contributed by atoms with Crippen LogP contribution in [0.1, 0.15) is 25.3 Å². The summed E-state index contributed by atoms with van der Waals surface area (Å²) in [6.07, 6.45) is 2.42. The van der Waals surface area contributed by atoms with E-state index in [1.165, 1.54) is 18.4 Å². The normalized spacial score (nSPS) is 14.5. The first-order chi connectivity index (χ1) is 10.3. The predicted molar refractivity (Wildman–Crippen MR) is 85.6 cm³/mol. The van der Waals surface area contributed by atoms with E-state index in [9.17, 15) is 0 Å². The van der Waals surface area contributed by atoms with Crippen LogP contribution in [0, 0.1) is 6.92 Å². The topological polar surface area (TPSA) is 53.9 Å². The monoisotopic (exact) mass is 283 g/mol. The van der Waals surface area contributed by atoms with Crippen molar-refractivity contribution in [2.24, 2.45) is 0 Å². The Morgan fingerprint density at radius 3 is 2.57 bits per heavy atom. The van der Waals surface area contributed by atoms with Crippen molar-refractivity contribution in [2.45, 2.75) is 26.7 Å². The fourth-order valence-electron chi connectivity index (χ4n) is 2.60. The van der Waals surface area contributed by atoms with Crippen LogP contribution in [0.5, 0.6) is 0 Å². The molecular formula is C16H21N5. The second kappa shape index (κ2) is 6.08. The molecule has 2 aromatic rings. The minimum absolute atomic E-state index is 0.660. The van der Waals surface area contributed by atoms with Crippen LogP contribution in [0.2, 0.25) is 0 Å². The van der Waals surface area contributed by atoms with Crippen LogP contribution < -0.4 is 10.2 Å². The predicted octanol–water partition coefficient (Wildman–Crippen LogP) is 2.88. The molecule has 0 atom stereocenters. The van der Waals surface area contributed by atoms with Gasteiger partial charge in [0.1, 0.15) is 0 Å². The highest BCUT2D eigenvalue weighted by atomic mass is 15.3. The third-order valence-corrected chi connectivity index (χ3v) is 3.73. The van der Waals surface area contributed by atoms with Crippen molar-refractivity contribution in [2.75, 3.05) is 29.9 Å². The van der Waals surface area contributed by atoms with E-state index in [0.29, 0.717) is 5.95 Å². The van der Waals surface area contributed by atoms with Crippen LogP contribution in [0.15, 0.2) is 24.3 Å². The largest absolute Gasteiger partial charge is 0.354 e. The van der Waals surface area contributed by atoms with Gasteiger partial charge in [-0.05, 0) is 32.3 Å². The summed E-state index contributed by atoms with van der Waals surface area (Å²) in [5, 5.41) is 3.21. The molecule has 110 valence electrons. The number of anilines is 2. The SMILES string of the molecule is CCNc1nc(-c2ccccc2C)nc(N2CCCC2)n1. The van der Waals surface area contributed by atoms with Gasteiger partial charge in [0.05, 0.1) is 0 Å². The average molecular weight is 283 g/mol. The summed E-state index contributed by atoms with van der Waals surface area (Å²) in [6, 6.07) is 8.21. The molecule has 1 aromatic carbocycles. The number of hydrogen-bond acceptors (Lipinski definition) is 5. The minimum atomic E-state index is 0.660. The van der Waals surface area contributed by atoms with Crippen molar-refractivity contribution < 1.29 is 0 Å². The molecule has 2 heterocycles. The zero-order chi connectivity index (χ0) is 14.7. The molecule has 21 heavy (non-hydrogen) atoms. The number of benzene rings is 1. The molecule has 0 radical (unpaired) electrons. The molecule has 0 unspecified atom stereocenters. The van der Waals surface area contributed by atoms with Gasteiger partial charge in [0.15, 0.2) is 5.82 Å². The highest BCUT2D eigenvalue weighted by Crippen LogP contribution is 2.24. The lowest BCUT2D eigenvalue weighted by atomic mass is 10.1. The number of nitrogens with zero attached hydrogens (tertiary/aromatic N) is 4. The zero-order valence-electron chi connectivity index (χ0n) is 12.6. The average Bonchev–Trinajstić information content (AvgIpc) is 3.02. The Labute approximate surface area is 125 Å². The standard InChI is InChI=1S/C16H21N5/c1-3-17-15-18-14(13-9-5-4-8-12(13)2)19-16(20-15)21-10-6-7-11-21/h4-5,8-9H,3,6-7,10-11H2,1-2H3,(H,17,18,19,20). The van der Waals surface area contributed by atoms with E-state index in [1.54, 1.807) is 0 Å². The Morgan fingerprint density at radius 2 is 1.86 bits per heavy atom. The molecule has 1 aliphatic heterocycles. The van der Waals surface area contributed by atoms with E-state index >= 15 is 0 Å². The Bertz CT molecular complexity index is 620. The first kappa shape index (κ1) is 13.8. The van der Waals surface area contributed by atoms with Crippen molar-refractivity contribution in [1.29, 1.82) is 0 Å². The lowest BCUT2D eigenvalue weighted by Crippen LogP contribution is -2.22. The van der Waals surface area contributed by atoms with Crippen molar-refractivity contribution in [3.05, 3.63) is 29.8 Å². The highest BCUT2D eigenvalue weighted by Gasteiger charge is 2.18. The molecule has 1 N–H and O–H groups in total. The zero-order valence-corrected chi connectivity index (χ0v) is 12.6. The van der Waals surface area contributed by atoms with E-state index < -0.39 is 0 Å². The van der Waals surface area contributed by atoms with Crippen LogP contribution in [0.3, 0.4) is 0 Å². The van der Waals surface area contributed by atoms with Crippen molar-refractivity contribution in [3.63, 3.8) is 0 Å². The van der Waals surface area contributed by atoms with E-state index in [2.05, 4.69) is 39.2 Å². The van der Waals surface area contributed by atoms with Crippen molar-refractivity contribution in [1.82, 2.24) is 15.0 Å². The van der Waals surface area contributed by atoms with Gasteiger partial charge < -0.3 is 10.2 Å². The highest BCUT2D eigenvalue weighted by molar-refractivity contribution is 5.62. The number of nitrogens with one attached hydrogen (secondary N) is 1. The molecule has 3 rings (SSSR count). The molecule has 0 saturated carbocycles. The fourth-order valence-corrected chi connectivity index (χ4v) is 2.60. The first-order valence-corrected chi connectivity index (χ1v) is 7.59. The maximum Gasteiger partial charge on any atom is 0.230 e. The van der Waals surface area contributed by atoms with E-state index in [1.807, 2.05) is 19.1 Å². The third kappa shape index (κ3) is 2.96. The molecule has 5 nitrogen and oxygen atoms in total. The number of aryl methyl sites for hydroxylation is 1. The van der Waals surface area contributed by atoms with Gasteiger partial charge in [-0.2, -0.15) is 15.0 Å². The van der Waals surface area contributed by atoms with Gasteiger partial charge in [-0.25, -0.2) is 0 Å². The summed E-state index contributed by atoms with van der Waals surface area (Å²) in [5.74, 6) is 2.20. The Hall–Kier alpha value is -2.17. The summed E-state index contributed by atoms with van der Waals surface area (Å²) in [4.78, 5) is 16.1. The number of aromatic nitrogens is 3. The molecular weight excluding hydrogens is 262 g/mol. The quantitative estimate of drug-likeness (QED) is 0.935. The van der Waals surface area contributed by atoms with Crippen LogP contribution in [-0.4, -0.2) is 34.6 Å². The van der Waals surface area contributed by atoms with E-state index in [4.69, 9.17) is 4.98 Å². The van der Waals surface area contributed by atoms with E-state index in [-0.39, 0.29) is 0 Å². The van der Waals surface area contributed by atoms with Crippen LogP contribution in [-0.2, 0) is 0 Å². The van der Waals surface area contributed by atoms with Crippen molar-refractivity contribution in [3.8, 4) is 11.4 Å². The molecule has 1 saturated heterocycles. The molecule has 1 fully saturated rings. The van der Waals surface area contributed by atoms with Gasteiger partial charge in [-0.3, -0.25) is 0 Å². The van der Waals surface area contributed by atoms with Crippen LogP contribution in [0.25, 0.3) is 11.4 Å². The van der Waals surface area contributed by atoms with Crippen LogP contribution >= 0.6 is 0 Å². The Kier molecular flexibility index (Phi) is 3.99. The fraction of sp³-hybridized carbons (Fsp3) is 0.438. The lowest BCUT2D eigenvalue weighted by molar-refractivity contribution is 0.881. The minimum Gasteiger partial charge on any atom is -0.354 e. The summed E-state index contributed by atoms with van der Waals surface area (Å²) < 4.78 is 0. The molecule has 1 aliphatic rings. The maximum absolute atomic E-state index is 4.69. The van der Waals surface area contributed by atoms with Gasteiger partial charge in [0.2, 0.25) is 11.9 Å². The van der Waals surface area contributed by atoms with Crippen LogP contribution in [0.4, 0.5) is 11.9 Å². The molecule has 0 spiro atoms. The summed E-state index contributed by atoms with van der Waals surface area (Å²) in [7, 11) is 0. The Morgan fingerprint density at radius 1 is 1.10 bits per heavy atom. The Balaban J connectivity index is 2.04. The van der Waals surface area contributed by atoms with Gasteiger partial charge in [0, 0.05) is 25.2 Å².